The van der Waals surface area contributed by atoms with Crippen LogP contribution in [0.1, 0.15) is 33.1 Å². The number of phenols is 2. The third-order valence-corrected chi connectivity index (χ3v) is 6.18. The highest BCUT2D eigenvalue weighted by Crippen LogP contribution is 2.33. The molecule has 1 amide bonds. The molecule has 1 aliphatic rings. The van der Waals surface area contributed by atoms with E-state index in [9.17, 15) is 15.0 Å². The highest BCUT2D eigenvalue weighted by atomic mass is 16.3. The Bertz CT molecular complexity index is 1240. The van der Waals surface area contributed by atoms with E-state index in [0.29, 0.717) is 43.4 Å². The van der Waals surface area contributed by atoms with Crippen molar-refractivity contribution in [2.75, 3.05) is 31.1 Å². The lowest BCUT2D eigenvalue weighted by Gasteiger charge is -2.34. The molecule has 2 aromatic heterocycles. The second kappa shape index (κ2) is 9.80. The first-order valence-corrected chi connectivity index (χ1v) is 11.4. The van der Waals surface area contributed by atoms with Crippen molar-refractivity contribution in [3.63, 3.8) is 0 Å². The molecule has 0 saturated carbocycles. The maximum atomic E-state index is 13.4. The summed E-state index contributed by atoms with van der Waals surface area (Å²) in [5, 5.41) is 19.5. The molecule has 5 rings (SSSR count). The number of phenolic OH excluding ortho intramolecular Hbond substituents is 2. The summed E-state index contributed by atoms with van der Waals surface area (Å²) < 4.78 is 0. The van der Waals surface area contributed by atoms with Gasteiger partial charge < -0.3 is 20.0 Å². The summed E-state index contributed by atoms with van der Waals surface area (Å²) in [6, 6.07) is 19.3. The van der Waals surface area contributed by atoms with E-state index in [2.05, 4.69) is 19.9 Å². The number of aromatic hydroxyl groups is 2. The number of rotatable bonds is 5. The number of hydrogen-bond donors (Lipinski definition) is 2. The lowest BCUT2D eigenvalue weighted by atomic mass is 9.87. The molecule has 0 unspecified atom stereocenters. The molecule has 0 atom stereocenters. The van der Waals surface area contributed by atoms with Crippen molar-refractivity contribution in [2.24, 2.45) is 0 Å². The number of nitrogens with zero attached hydrogens (tertiary/aromatic N) is 5. The van der Waals surface area contributed by atoms with Gasteiger partial charge in [-0.15, -0.1) is 0 Å². The third kappa shape index (κ3) is 4.91. The van der Waals surface area contributed by atoms with Gasteiger partial charge in [-0.1, -0.05) is 24.3 Å². The van der Waals surface area contributed by atoms with Crippen LogP contribution in [0.3, 0.4) is 0 Å². The molecule has 1 saturated heterocycles. The highest BCUT2D eigenvalue weighted by Gasteiger charge is 2.25. The summed E-state index contributed by atoms with van der Waals surface area (Å²) in [4.78, 5) is 30.5. The summed E-state index contributed by atoms with van der Waals surface area (Å²) >= 11 is 0. The van der Waals surface area contributed by atoms with Crippen LogP contribution in [0.2, 0.25) is 0 Å². The second-order valence-electron chi connectivity index (χ2n) is 8.41. The fourth-order valence-corrected chi connectivity index (χ4v) is 4.35. The lowest BCUT2D eigenvalue weighted by Crippen LogP contribution is -2.49. The van der Waals surface area contributed by atoms with Crippen molar-refractivity contribution in [1.82, 2.24) is 19.9 Å². The molecular weight excluding hydrogens is 442 g/mol. The van der Waals surface area contributed by atoms with Crippen molar-refractivity contribution in [3.05, 3.63) is 108 Å². The van der Waals surface area contributed by atoms with Crippen LogP contribution in [0.15, 0.2) is 85.3 Å². The fraction of sp³-hybridized carbons (Fsp3) is 0.185. The molecular formula is C27H25N5O3. The predicted molar refractivity (Wildman–Crippen MR) is 132 cm³/mol. The van der Waals surface area contributed by atoms with Gasteiger partial charge >= 0.3 is 0 Å². The maximum absolute atomic E-state index is 13.4. The molecule has 4 aromatic rings. The number of piperazine rings is 1. The topological polar surface area (TPSA) is 103 Å². The highest BCUT2D eigenvalue weighted by molar-refractivity contribution is 5.94. The van der Waals surface area contributed by atoms with Crippen LogP contribution in [0, 0.1) is 0 Å². The number of carbonyl (C=O) groups is 1. The van der Waals surface area contributed by atoms with Gasteiger partial charge in [0.15, 0.2) is 0 Å². The van der Waals surface area contributed by atoms with Crippen LogP contribution in [-0.4, -0.2) is 62.2 Å². The monoisotopic (exact) mass is 467 g/mol. The average Bonchev–Trinajstić information content (AvgIpc) is 2.91. The summed E-state index contributed by atoms with van der Waals surface area (Å²) in [6.07, 6.45) is 5.10. The van der Waals surface area contributed by atoms with Crippen molar-refractivity contribution in [3.8, 4) is 11.5 Å². The maximum Gasteiger partial charge on any atom is 0.254 e. The van der Waals surface area contributed by atoms with E-state index in [1.165, 1.54) is 0 Å². The Morgan fingerprint density at radius 1 is 0.743 bits per heavy atom. The van der Waals surface area contributed by atoms with Gasteiger partial charge in [0, 0.05) is 50.3 Å². The van der Waals surface area contributed by atoms with Crippen LogP contribution in [-0.2, 0) is 0 Å². The van der Waals surface area contributed by atoms with E-state index in [-0.39, 0.29) is 23.3 Å². The van der Waals surface area contributed by atoms with Crippen molar-refractivity contribution >= 4 is 11.9 Å². The summed E-state index contributed by atoms with van der Waals surface area (Å²) in [5.41, 5.74) is 3.12. The molecule has 0 aliphatic carbocycles. The van der Waals surface area contributed by atoms with Crippen molar-refractivity contribution in [1.29, 1.82) is 0 Å². The van der Waals surface area contributed by atoms with Crippen molar-refractivity contribution in [2.45, 2.75) is 5.92 Å². The second-order valence-corrected chi connectivity index (χ2v) is 8.41. The first-order chi connectivity index (χ1) is 17.1. The van der Waals surface area contributed by atoms with Gasteiger partial charge in [-0.3, -0.25) is 9.78 Å². The Morgan fingerprint density at radius 2 is 1.31 bits per heavy atom. The Labute approximate surface area is 203 Å². The van der Waals surface area contributed by atoms with E-state index in [1.807, 2.05) is 35.2 Å². The van der Waals surface area contributed by atoms with Crippen LogP contribution in [0.4, 0.5) is 5.95 Å². The number of hydrogen-bond acceptors (Lipinski definition) is 7. The number of anilines is 1. The van der Waals surface area contributed by atoms with Gasteiger partial charge in [-0.25, -0.2) is 9.97 Å². The van der Waals surface area contributed by atoms with Gasteiger partial charge in [-0.2, -0.15) is 0 Å². The fourth-order valence-electron chi connectivity index (χ4n) is 4.35. The molecule has 2 N–H and O–H groups in total. The third-order valence-electron chi connectivity index (χ3n) is 6.18. The predicted octanol–water partition coefficient (Wildman–Crippen LogP) is 3.43. The normalized spacial score (nSPS) is 13.7. The van der Waals surface area contributed by atoms with E-state index in [0.717, 1.165) is 11.1 Å². The first-order valence-electron chi connectivity index (χ1n) is 11.4. The Morgan fingerprint density at radius 3 is 1.89 bits per heavy atom. The van der Waals surface area contributed by atoms with Crippen LogP contribution in [0.5, 0.6) is 11.5 Å². The zero-order chi connectivity index (χ0) is 24.2. The molecule has 1 fully saturated rings. The molecule has 176 valence electrons. The molecule has 3 heterocycles. The molecule has 0 bridgehead atoms. The minimum Gasteiger partial charge on any atom is -0.508 e. The van der Waals surface area contributed by atoms with Gasteiger partial charge in [-0.05, 0) is 53.6 Å². The minimum absolute atomic E-state index is 0.0440. The molecule has 0 spiro atoms. The van der Waals surface area contributed by atoms with Crippen LogP contribution >= 0.6 is 0 Å². The average molecular weight is 468 g/mol. The van der Waals surface area contributed by atoms with E-state index < -0.39 is 0 Å². The number of amides is 1. The Hall–Kier alpha value is -4.46. The molecule has 35 heavy (non-hydrogen) atoms. The van der Waals surface area contributed by atoms with E-state index in [1.54, 1.807) is 55.0 Å². The molecule has 1 aliphatic heterocycles. The smallest absolute Gasteiger partial charge is 0.254 e. The quantitative estimate of drug-likeness (QED) is 0.464. The number of aromatic nitrogens is 3. The Kier molecular flexibility index (Phi) is 6.26. The van der Waals surface area contributed by atoms with Crippen LogP contribution < -0.4 is 4.90 Å². The summed E-state index contributed by atoms with van der Waals surface area (Å²) in [7, 11) is 0. The number of carbonyl (C=O) groups excluding carboxylic acids is 1. The summed E-state index contributed by atoms with van der Waals surface area (Å²) in [5.74, 6) is 0.718. The summed E-state index contributed by atoms with van der Waals surface area (Å²) in [6.45, 7) is 2.48. The lowest BCUT2D eigenvalue weighted by molar-refractivity contribution is 0.0746. The SMILES string of the molecule is O=C(c1ccnc(C(c2ccc(O)cc2)c2ccc(O)cc2)c1)N1CCN(c2ncccn2)CC1. The largest absolute Gasteiger partial charge is 0.508 e. The van der Waals surface area contributed by atoms with Crippen LogP contribution in [0.25, 0.3) is 0 Å². The molecule has 8 heteroatoms. The zero-order valence-electron chi connectivity index (χ0n) is 19.0. The standard InChI is InChI=1S/C27H25N5O3/c33-22-6-2-19(3-7-22)25(20-4-8-23(34)9-5-20)24-18-21(10-13-28-24)26(35)31-14-16-32(17-15-31)27-29-11-1-12-30-27/h1-13,18,25,33-34H,14-17H2. The van der Waals surface area contributed by atoms with Gasteiger partial charge in [0.05, 0.1) is 11.6 Å². The van der Waals surface area contributed by atoms with E-state index in [4.69, 9.17) is 0 Å². The number of benzene rings is 2. The first kappa shape index (κ1) is 22.3. The molecule has 0 radical (unpaired) electrons. The zero-order valence-corrected chi connectivity index (χ0v) is 19.0. The molecule has 8 nitrogen and oxygen atoms in total. The number of pyridine rings is 1. The van der Waals surface area contributed by atoms with E-state index >= 15 is 0 Å². The van der Waals surface area contributed by atoms with Crippen molar-refractivity contribution < 1.29 is 15.0 Å². The van der Waals surface area contributed by atoms with Gasteiger partial charge in [0.2, 0.25) is 5.95 Å². The minimum atomic E-state index is -0.268. The van der Waals surface area contributed by atoms with Gasteiger partial charge in [0.1, 0.15) is 11.5 Å². The van der Waals surface area contributed by atoms with Gasteiger partial charge in [0.25, 0.3) is 5.91 Å². The molecule has 2 aromatic carbocycles. The Balaban J connectivity index is 1.39.